The Morgan fingerprint density at radius 3 is 2.08 bits per heavy atom. The Morgan fingerprint density at radius 2 is 1.55 bits per heavy atom. The van der Waals surface area contributed by atoms with Crippen molar-refractivity contribution in [3.8, 4) is 5.75 Å². The molecule has 218 valence electrons. The third-order valence-electron chi connectivity index (χ3n) is 7.07. The molecule has 1 fully saturated rings. The molecule has 2 aromatic rings. The van der Waals surface area contributed by atoms with Gasteiger partial charge in [0.05, 0.1) is 6.54 Å². The first kappa shape index (κ1) is 30.7. The van der Waals surface area contributed by atoms with Crippen LogP contribution in [0.1, 0.15) is 62.4 Å². The first-order chi connectivity index (χ1) is 18.7. The quantitative estimate of drug-likeness (QED) is 0.251. The van der Waals surface area contributed by atoms with Gasteiger partial charge in [0, 0.05) is 23.8 Å². The molecule has 3 rings (SSSR count). The number of hydroxylamine groups is 1. The highest BCUT2D eigenvalue weighted by Crippen LogP contribution is 2.39. The average molecular weight is 565 g/mol. The molecule has 0 atom stereocenters. The van der Waals surface area contributed by atoms with Crippen LogP contribution in [0.2, 0.25) is 0 Å². The summed E-state index contributed by atoms with van der Waals surface area (Å²) in [5, 5.41) is 13.7. The van der Waals surface area contributed by atoms with E-state index in [1.165, 1.54) is 17.6 Å². The second-order valence-electron chi connectivity index (χ2n) is 10.9. The van der Waals surface area contributed by atoms with Crippen molar-refractivity contribution in [3.05, 3.63) is 59.7 Å². The van der Waals surface area contributed by atoms with Crippen LogP contribution in [0.4, 0.5) is 23.7 Å². The lowest BCUT2D eigenvalue weighted by molar-refractivity contribution is -0.274. The molecular formula is C28H35F3N4O5. The third-order valence-corrected chi connectivity index (χ3v) is 7.07. The van der Waals surface area contributed by atoms with Crippen LogP contribution in [0.5, 0.6) is 5.75 Å². The van der Waals surface area contributed by atoms with Gasteiger partial charge in [-0.05, 0) is 79.0 Å². The van der Waals surface area contributed by atoms with E-state index in [1.54, 1.807) is 29.2 Å². The maximum Gasteiger partial charge on any atom is 0.573 e. The van der Waals surface area contributed by atoms with Crippen LogP contribution in [0.15, 0.2) is 48.5 Å². The van der Waals surface area contributed by atoms with Gasteiger partial charge in [0.1, 0.15) is 5.75 Å². The molecule has 4 amide bonds. The van der Waals surface area contributed by atoms with E-state index in [0.717, 1.165) is 43.4 Å². The van der Waals surface area contributed by atoms with Crippen molar-refractivity contribution in [2.75, 3.05) is 11.9 Å². The van der Waals surface area contributed by atoms with Gasteiger partial charge >= 0.3 is 12.4 Å². The van der Waals surface area contributed by atoms with Crippen molar-refractivity contribution in [1.82, 2.24) is 15.7 Å². The Kier molecular flexibility index (Phi) is 10.0. The van der Waals surface area contributed by atoms with Gasteiger partial charge in [0.15, 0.2) is 0 Å². The van der Waals surface area contributed by atoms with Crippen molar-refractivity contribution in [1.29, 1.82) is 0 Å². The second-order valence-corrected chi connectivity index (χ2v) is 10.9. The van der Waals surface area contributed by atoms with Crippen LogP contribution in [0.25, 0.3) is 0 Å². The number of amides is 4. The van der Waals surface area contributed by atoms with E-state index >= 15 is 0 Å². The molecule has 12 heteroatoms. The Balaban J connectivity index is 1.73. The SMILES string of the molecule is CC(C)(C)C1CCC(N(Cc2ccc(C(=O)NCC(=O)NO)cc2)C(=O)Nc2ccc(OC(F)(F)F)cc2)CC1. The molecule has 2 aromatic carbocycles. The molecule has 0 spiro atoms. The van der Waals surface area contributed by atoms with Gasteiger partial charge in [0.2, 0.25) is 0 Å². The first-order valence-corrected chi connectivity index (χ1v) is 13.0. The Morgan fingerprint density at radius 1 is 0.950 bits per heavy atom. The highest BCUT2D eigenvalue weighted by Gasteiger charge is 2.34. The van der Waals surface area contributed by atoms with Crippen LogP contribution < -0.4 is 20.9 Å². The van der Waals surface area contributed by atoms with Gasteiger partial charge in [-0.1, -0.05) is 32.9 Å². The summed E-state index contributed by atoms with van der Waals surface area (Å²) in [5.41, 5.74) is 2.99. The van der Waals surface area contributed by atoms with E-state index in [2.05, 4.69) is 36.1 Å². The average Bonchev–Trinajstić information content (AvgIpc) is 2.90. The number of nitrogens with zero attached hydrogens (tertiary/aromatic N) is 1. The van der Waals surface area contributed by atoms with Crippen molar-refractivity contribution in [2.24, 2.45) is 11.3 Å². The molecule has 0 aromatic heterocycles. The summed E-state index contributed by atoms with van der Waals surface area (Å²) in [7, 11) is 0. The maximum absolute atomic E-state index is 13.4. The minimum Gasteiger partial charge on any atom is -0.406 e. The van der Waals surface area contributed by atoms with E-state index in [1.807, 2.05) is 0 Å². The van der Waals surface area contributed by atoms with Crippen molar-refractivity contribution in [3.63, 3.8) is 0 Å². The topological polar surface area (TPSA) is 120 Å². The largest absolute Gasteiger partial charge is 0.573 e. The molecule has 0 radical (unpaired) electrons. The number of ether oxygens (including phenoxy) is 1. The number of nitrogens with one attached hydrogen (secondary N) is 3. The lowest BCUT2D eigenvalue weighted by Crippen LogP contribution is -2.45. The van der Waals surface area contributed by atoms with E-state index in [-0.39, 0.29) is 36.3 Å². The van der Waals surface area contributed by atoms with Gasteiger partial charge in [-0.25, -0.2) is 10.3 Å². The molecule has 1 aliphatic rings. The zero-order valence-corrected chi connectivity index (χ0v) is 22.7. The van der Waals surface area contributed by atoms with E-state index < -0.39 is 18.2 Å². The molecule has 0 aliphatic heterocycles. The normalized spacial score (nSPS) is 17.5. The molecule has 0 bridgehead atoms. The zero-order chi connectivity index (χ0) is 29.5. The standard InChI is InChI=1S/C28H35F3N4O5/c1-27(2,3)20-8-12-22(13-9-20)35(26(38)33-21-10-14-23(15-11-21)40-28(29,30)31)17-18-4-6-19(7-5-18)25(37)32-16-24(36)34-39/h4-7,10-11,14-15,20,22,39H,8-9,12-13,16-17H2,1-3H3,(H,32,37)(H,33,38)(H,34,36). The maximum atomic E-state index is 13.4. The van der Waals surface area contributed by atoms with Crippen LogP contribution >= 0.6 is 0 Å². The lowest BCUT2D eigenvalue weighted by atomic mass is 9.71. The number of rotatable bonds is 8. The summed E-state index contributed by atoms with van der Waals surface area (Å²) in [5.74, 6) is -1.11. The first-order valence-electron chi connectivity index (χ1n) is 13.0. The van der Waals surface area contributed by atoms with Gasteiger partial charge in [0.25, 0.3) is 11.8 Å². The van der Waals surface area contributed by atoms with Gasteiger partial charge in [-0.15, -0.1) is 13.2 Å². The molecular weight excluding hydrogens is 529 g/mol. The van der Waals surface area contributed by atoms with Gasteiger partial charge in [-0.3, -0.25) is 14.8 Å². The van der Waals surface area contributed by atoms with Crippen molar-refractivity contribution in [2.45, 2.75) is 65.4 Å². The van der Waals surface area contributed by atoms with Crippen LogP contribution in [0.3, 0.4) is 0 Å². The number of urea groups is 1. The smallest absolute Gasteiger partial charge is 0.406 e. The Bertz CT molecular complexity index is 1160. The minimum atomic E-state index is -4.81. The molecule has 0 heterocycles. The number of hydrogen-bond acceptors (Lipinski definition) is 5. The molecule has 9 nitrogen and oxygen atoms in total. The molecule has 1 aliphatic carbocycles. The summed E-state index contributed by atoms with van der Waals surface area (Å²) in [6.07, 6.45) is -1.27. The Labute approximate surface area is 231 Å². The molecule has 0 unspecified atom stereocenters. The predicted molar refractivity (Wildman–Crippen MR) is 142 cm³/mol. The highest BCUT2D eigenvalue weighted by atomic mass is 19.4. The van der Waals surface area contributed by atoms with Gasteiger partial charge < -0.3 is 20.3 Å². The van der Waals surface area contributed by atoms with Crippen LogP contribution in [-0.2, 0) is 11.3 Å². The van der Waals surface area contributed by atoms with Crippen molar-refractivity contribution < 1.29 is 37.5 Å². The monoisotopic (exact) mass is 564 g/mol. The fourth-order valence-electron chi connectivity index (χ4n) is 4.82. The fraction of sp³-hybridized carbons (Fsp3) is 0.464. The number of carbonyl (C=O) groups is 3. The highest BCUT2D eigenvalue weighted by molar-refractivity contribution is 5.96. The lowest BCUT2D eigenvalue weighted by Gasteiger charge is -2.41. The minimum absolute atomic E-state index is 0.0496. The number of benzene rings is 2. The summed E-state index contributed by atoms with van der Waals surface area (Å²) >= 11 is 0. The third kappa shape index (κ3) is 9.15. The molecule has 0 saturated heterocycles. The van der Waals surface area contributed by atoms with Crippen LogP contribution in [0, 0.1) is 11.3 Å². The van der Waals surface area contributed by atoms with Crippen molar-refractivity contribution >= 4 is 23.5 Å². The molecule has 40 heavy (non-hydrogen) atoms. The summed E-state index contributed by atoms with van der Waals surface area (Å²) in [6, 6.07) is 11.1. The number of halogens is 3. The summed E-state index contributed by atoms with van der Waals surface area (Å²) in [6.45, 7) is 6.50. The van der Waals surface area contributed by atoms with Gasteiger partial charge in [-0.2, -0.15) is 0 Å². The zero-order valence-electron chi connectivity index (χ0n) is 22.7. The second kappa shape index (κ2) is 13.0. The van der Waals surface area contributed by atoms with E-state index in [4.69, 9.17) is 5.21 Å². The fourth-order valence-corrected chi connectivity index (χ4v) is 4.82. The van der Waals surface area contributed by atoms with Crippen LogP contribution in [-0.4, -0.2) is 46.9 Å². The number of anilines is 1. The predicted octanol–water partition coefficient (Wildman–Crippen LogP) is 5.46. The number of alkyl halides is 3. The summed E-state index contributed by atoms with van der Waals surface area (Å²) < 4.78 is 41.3. The summed E-state index contributed by atoms with van der Waals surface area (Å²) in [4.78, 5) is 38.6. The van der Waals surface area contributed by atoms with E-state index in [9.17, 15) is 27.6 Å². The Hall–Kier alpha value is -3.80. The molecule has 4 N–H and O–H groups in total. The van der Waals surface area contributed by atoms with E-state index in [0.29, 0.717) is 17.2 Å². The number of hydrogen-bond donors (Lipinski definition) is 4. The molecule has 1 saturated carbocycles. The number of carbonyl (C=O) groups excluding carboxylic acids is 3.